The lowest BCUT2D eigenvalue weighted by molar-refractivity contribution is 0.0599. The van der Waals surface area contributed by atoms with E-state index in [0.29, 0.717) is 17.2 Å². The average Bonchev–Trinajstić information content (AvgIpc) is 2.96. The van der Waals surface area contributed by atoms with Gasteiger partial charge in [0.2, 0.25) is 0 Å². The number of carbonyl (C=O) groups is 2. The molecule has 0 aliphatic heterocycles. The number of methoxy groups -OCH3 is 1. The molecule has 1 N–H and O–H groups in total. The first-order chi connectivity index (χ1) is 6.77. The second-order valence-corrected chi connectivity index (χ2v) is 3.41. The van der Waals surface area contributed by atoms with Gasteiger partial charge in [0.15, 0.2) is 6.29 Å². The van der Waals surface area contributed by atoms with Gasteiger partial charge < -0.3 is 9.72 Å². The van der Waals surface area contributed by atoms with Crippen molar-refractivity contribution in [3.05, 3.63) is 23.0 Å². The SMILES string of the molecule is COC(=O)c1c[nH]c(C=O)c1C1CC1. The molecule has 14 heavy (non-hydrogen) atoms. The summed E-state index contributed by atoms with van der Waals surface area (Å²) in [7, 11) is 1.34. The van der Waals surface area contributed by atoms with Crippen LogP contribution in [0, 0.1) is 0 Å². The lowest BCUT2D eigenvalue weighted by Gasteiger charge is -2.00. The highest BCUT2D eigenvalue weighted by molar-refractivity contribution is 5.94. The van der Waals surface area contributed by atoms with E-state index in [1.165, 1.54) is 7.11 Å². The van der Waals surface area contributed by atoms with Gasteiger partial charge in [-0.1, -0.05) is 0 Å². The third-order valence-electron chi connectivity index (χ3n) is 2.46. The molecule has 0 unspecified atom stereocenters. The number of ether oxygens (including phenoxy) is 1. The van der Waals surface area contributed by atoms with Crippen LogP contribution in [-0.4, -0.2) is 24.3 Å². The minimum Gasteiger partial charge on any atom is -0.465 e. The zero-order valence-corrected chi connectivity index (χ0v) is 7.87. The Labute approximate surface area is 81.3 Å². The molecule has 1 fully saturated rings. The minimum atomic E-state index is -0.378. The first kappa shape index (κ1) is 8.99. The Morgan fingerprint density at radius 2 is 2.36 bits per heavy atom. The molecule has 0 aromatic carbocycles. The van der Waals surface area contributed by atoms with Gasteiger partial charge >= 0.3 is 5.97 Å². The highest BCUT2D eigenvalue weighted by Gasteiger charge is 2.32. The first-order valence-corrected chi connectivity index (χ1v) is 4.52. The van der Waals surface area contributed by atoms with Gasteiger partial charge in [-0.25, -0.2) is 4.79 Å². The van der Waals surface area contributed by atoms with E-state index in [2.05, 4.69) is 9.72 Å². The highest BCUT2D eigenvalue weighted by Crippen LogP contribution is 2.43. The zero-order valence-electron chi connectivity index (χ0n) is 7.87. The second-order valence-electron chi connectivity index (χ2n) is 3.41. The minimum absolute atomic E-state index is 0.357. The predicted molar refractivity (Wildman–Crippen MR) is 49.5 cm³/mol. The molecule has 0 saturated heterocycles. The fraction of sp³-hybridized carbons (Fsp3) is 0.400. The van der Waals surface area contributed by atoms with Crippen molar-refractivity contribution in [3.63, 3.8) is 0 Å². The summed E-state index contributed by atoms with van der Waals surface area (Å²) in [4.78, 5) is 24.8. The van der Waals surface area contributed by atoms with Crippen molar-refractivity contribution in [2.75, 3.05) is 7.11 Å². The van der Waals surface area contributed by atoms with Crippen LogP contribution in [0.3, 0.4) is 0 Å². The lowest BCUT2D eigenvalue weighted by Crippen LogP contribution is -2.03. The van der Waals surface area contributed by atoms with Crippen LogP contribution >= 0.6 is 0 Å². The number of H-pyrrole nitrogens is 1. The summed E-state index contributed by atoms with van der Waals surface area (Å²) in [5.41, 5.74) is 1.83. The van der Waals surface area contributed by atoms with Crippen molar-refractivity contribution in [3.8, 4) is 0 Å². The normalized spacial score (nSPS) is 15.2. The van der Waals surface area contributed by atoms with Gasteiger partial charge in [0.25, 0.3) is 0 Å². The molecule has 1 saturated carbocycles. The van der Waals surface area contributed by atoms with Crippen molar-refractivity contribution in [2.45, 2.75) is 18.8 Å². The Kier molecular flexibility index (Phi) is 2.11. The molecular formula is C10H11NO3. The summed E-state index contributed by atoms with van der Waals surface area (Å²) >= 11 is 0. The summed E-state index contributed by atoms with van der Waals surface area (Å²) in [6.45, 7) is 0. The number of rotatable bonds is 3. The fourth-order valence-corrected chi connectivity index (χ4v) is 1.64. The van der Waals surface area contributed by atoms with Crippen molar-refractivity contribution >= 4 is 12.3 Å². The number of aldehydes is 1. The molecule has 0 spiro atoms. The summed E-state index contributed by atoms with van der Waals surface area (Å²) in [5.74, 6) is -0.0215. The monoisotopic (exact) mass is 193 g/mol. The number of aromatic nitrogens is 1. The molecule has 1 aliphatic carbocycles. The van der Waals surface area contributed by atoms with E-state index in [4.69, 9.17) is 0 Å². The number of hydrogen-bond donors (Lipinski definition) is 1. The quantitative estimate of drug-likeness (QED) is 0.584. The van der Waals surface area contributed by atoms with Crippen LogP contribution < -0.4 is 0 Å². The summed E-state index contributed by atoms with van der Waals surface area (Å²) in [6, 6.07) is 0. The summed E-state index contributed by atoms with van der Waals surface area (Å²) in [5, 5.41) is 0. The van der Waals surface area contributed by atoms with Crippen LogP contribution in [0.5, 0.6) is 0 Å². The Morgan fingerprint density at radius 3 is 2.86 bits per heavy atom. The molecule has 74 valence electrons. The topological polar surface area (TPSA) is 59.2 Å². The maximum absolute atomic E-state index is 11.3. The standard InChI is InChI=1S/C10H11NO3/c1-14-10(13)7-4-11-8(5-12)9(7)6-2-3-6/h4-6,11H,2-3H2,1H3. The van der Waals surface area contributed by atoms with Gasteiger partial charge in [-0.15, -0.1) is 0 Å². The van der Waals surface area contributed by atoms with Gasteiger partial charge in [-0.05, 0) is 24.3 Å². The van der Waals surface area contributed by atoms with E-state index in [0.717, 1.165) is 24.7 Å². The smallest absolute Gasteiger partial charge is 0.339 e. The third-order valence-corrected chi connectivity index (χ3v) is 2.46. The molecule has 1 heterocycles. The van der Waals surface area contributed by atoms with Gasteiger partial charge in [0.1, 0.15) is 0 Å². The van der Waals surface area contributed by atoms with Crippen LogP contribution in [0.2, 0.25) is 0 Å². The Hall–Kier alpha value is -1.58. The van der Waals surface area contributed by atoms with E-state index in [-0.39, 0.29) is 5.97 Å². The zero-order chi connectivity index (χ0) is 10.1. The number of hydrogen-bond acceptors (Lipinski definition) is 3. The molecule has 4 heteroatoms. The number of carbonyl (C=O) groups excluding carboxylic acids is 2. The lowest BCUT2D eigenvalue weighted by atomic mass is 10.1. The van der Waals surface area contributed by atoms with Crippen LogP contribution in [-0.2, 0) is 4.74 Å². The van der Waals surface area contributed by atoms with E-state index in [9.17, 15) is 9.59 Å². The summed E-state index contributed by atoms with van der Waals surface area (Å²) in [6.07, 6.45) is 4.38. The van der Waals surface area contributed by atoms with Crippen LogP contribution in [0.1, 0.15) is 45.2 Å². The highest BCUT2D eigenvalue weighted by atomic mass is 16.5. The van der Waals surface area contributed by atoms with E-state index < -0.39 is 0 Å². The molecule has 1 aliphatic rings. The molecule has 4 nitrogen and oxygen atoms in total. The van der Waals surface area contributed by atoms with E-state index >= 15 is 0 Å². The fourth-order valence-electron chi connectivity index (χ4n) is 1.64. The van der Waals surface area contributed by atoms with Crippen LogP contribution in [0.4, 0.5) is 0 Å². The van der Waals surface area contributed by atoms with Gasteiger partial charge in [-0.2, -0.15) is 0 Å². The molecule has 0 radical (unpaired) electrons. The largest absolute Gasteiger partial charge is 0.465 e. The molecule has 0 amide bonds. The summed E-state index contributed by atoms with van der Waals surface area (Å²) < 4.78 is 4.64. The van der Waals surface area contributed by atoms with Crippen molar-refractivity contribution in [2.24, 2.45) is 0 Å². The van der Waals surface area contributed by atoms with Gasteiger partial charge in [0.05, 0.1) is 18.4 Å². The Bertz CT molecular complexity index is 377. The van der Waals surface area contributed by atoms with Crippen molar-refractivity contribution in [1.82, 2.24) is 4.98 Å². The second kappa shape index (κ2) is 3.29. The molecule has 0 bridgehead atoms. The Morgan fingerprint density at radius 1 is 1.64 bits per heavy atom. The van der Waals surface area contributed by atoms with Gasteiger partial charge in [-0.3, -0.25) is 4.79 Å². The number of esters is 1. The average molecular weight is 193 g/mol. The van der Waals surface area contributed by atoms with Gasteiger partial charge in [0, 0.05) is 6.20 Å². The molecule has 0 atom stereocenters. The van der Waals surface area contributed by atoms with Crippen molar-refractivity contribution in [1.29, 1.82) is 0 Å². The molecule has 1 aromatic heterocycles. The van der Waals surface area contributed by atoms with Crippen LogP contribution in [0.15, 0.2) is 6.20 Å². The van der Waals surface area contributed by atoms with Crippen LogP contribution in [0.25, 0.3) is 0 Å². The van der Waals surface area contributed by atoms with Crippen molar-refractivity contribution < 1.29 is 14.3 Å². The Balaban J connectivity index is 2.43. The molecular weight excluding hydrogens is 182 g/mol. The van der Waals surface area contributed by atoms with E-state index in [1.54, 1.807) is 6.20 Å². The molecule has 2 rings (SSSR count). The predicted octanol–water partition coefficient (Wildman–Crippen LogP) is 1.49. The maximum Gasteiger partial charge on any atom is 0.339 e. The number of nitrogens with one attached hydrogen (secondary N) is 1. The third kappa shape index (κ3) is 1.32. The van der Waals surface area contributed by atoms with E-state index in [1.807, 2.05) is 0 Å². The molecule has 1 aromatic rings. The maximum atomic E-state index is 11.3. The first-order valence-electron chi connectivity index (χ1n) is 4.52. The number of aromatic amines is 1.